The van der Waals surface area contributed by atoms with Crippen LogP contribution < -0.4 is 21.1 Å². The van der Waals surface area contributed by atoms with Crippen LogP contribution in [-0.2, 0) is 33.9 Å². The highest BCUT2D eigenvalue weighted by Gasteiger charge is 2.22. The molecule has 48 heavy (non-hydrogen) atoms. The number of nitrogens with zero attached hydrogens (tertiary/aromatic N) is 5. The van der Waals surface area contributed by atoms with Gasteiger partial charge in [0.15, 0.2) is 5.82 Å². The maximum atomic E-state index is 13.3. The van der Waals surface area contributed by atoms with Gasteiger partial charge >= 0.3 is 0 Å². The number of ether oxygens (including phenoxy) is 1. The van der Waals surface area contributed by atoms with Crippen LogP contribution in [0, 0.1) is 0 Å². The van der Waals surface area contributed by atoms with Gasteiger partial charge in [-0.15, -0.1) is 10.2 Å². The molecule has 0 saturated carbocycles. The van der Waals surface area contributed by atoms with Gasteiger partial charge in [-0.2, -0.15) is 22.0 Å². The molecule has 0 spiro atoms. The largest absolute Gasteiger partial charge is 0.496 e. The number of thioether (sulfide) groups is 1. The lowest BCUT2D eigenvalue weighted by Gasteiger charge is -2.23. The van der Waals surface area contributed by atoms with Crippen molar-refractivity contribution in [2.45, 2.75) is 103 Å². The highest BCUT2D eigenvalue weighted by Crippen LogP contribution is 2.30. The monoisotopic (exact) mass is 703 g/mol. The van der Waals surface area contributed by atoms with Crippen LogP contribution in [0.3, 0.4) is 0 Å². The number of nitrogen functional groups attached to an aromatic ring is 1. The normalized spacial score (nSPS) is 12.9. The van der Waals surface area contributed by atoms with Crippen molar-refractivity contribution < 1.29 is 17.9 Å². The SMILES string of the molecule is CCCC[C@@H](CCSC)NC(=O)CCc1nc(N)nc(N[C@@H](CCCC)CCS(C)(=O)=O)c1Cc1cc(Cc2nn[nH]n2)ccc1OC. The lowest BCUT2D eigenvalue weighted by atomic mass is 9.97. The van der Waals surface area contributed by atoms with Crippen LogP contribution in [-0.4, -0.2) is 88.1 Å². The van der Waals surface area contributed by atoms with Crippen LogP contribution >= 0.6 is 11.8 Å². The van der Waals surface area contributed by atoms with Crippen molar-refractivity contribution in [3.8, 4) is 5.75 Å². The van der Waals surface area contributed by atoms with Crippen molar-refractivity contribution >= 4 is 39.3 Å². The van der Waals surface area contributed by atoms with E-state index in [-0.39, 0.29) is 36.1 Å². The summed E-state index contributed by atoms with van der Waals surface area (Å²) in [7, 11) is -1.54. The van der Waals surface area contributed by atoms with Crippen molar-refractivity contribution in [3.63, 3.8) is 0 Å². The number of hydrogen-bond donors (Lipinski definition) is 4. The number of benzene rings is 1. The molecule has 13 nitrogen and oxygen atoms in total. The van der Waals surface area contributed by atoms with E-state index in [9.17, 15) is 13.2 Å². The third kappa shape index (κ3) is 13.6. The average molecular weight is 704 g/mol. The molecule has 2 atom stereocenters. The Morgan fingerprint density at radius 1 is 1.06 bits per heavy atom. The fourth-order valence-corrected chi connectivity index (χ4v) is 6.82. The first-order valence-electron chi connectivity index (χ1n) is 16.8. The van der Waals surface area contributed by atoms with Crippen LogP contribution in [0.5, 0.6) is 5.75 Å². The van der Waals surface area contributed by atoms with Gasteiger partial charge in [0.1, 0.15) is 21.4 Å². The van der Waals surface area contributed by atoms with E-state index in [1.807, 2.05) is 18.2 Å². The van der Waals surface area contributed by atoms with E-state index in [0.29, 0.717) is 48.8 Å². The first-order chi connectivity index (χ1) is 23.0. The Bertz CT molecular complexity index is 1510. The maximum absolute atomic E-state index is 13.3. The maximum Gasteiger partial charge on any atom is 0.222 e. The second-order valence-corrected chi connectivity index (χ2v) is 15.5. The second-order valence-electron chi connectivity index (χ2n) is 12.3. The summed E-state index contributed by atoms with van der Waals surface area (Å²) in [5.74, 6) is 2.90. The number of aromatic nitrogens is 6. The smallest absolute Gasteiger partial charge is 0.222 e. The van der Waals surface area contributed by atoms with Gasteiger partial charge in [-0.1, -0.05) is 56.9 Å². The Balaban J connectivity index is 1.98. The number of aromatic amines is 1. The van der Waals surface area contributed by atoms with Crippen molar-refractivity contribution in [3.05, 3.63) is 46.4 Å². The molecule has 0 bridgehead atoms. The number of tetrazole rings is 1. The molecule has 5 N–H and O–H groups in total. The summed E-state index contributed by atoms with van der Waals surface area (Å²) in [6.45, 7) is 4.26. The molecule has 1 aromatic carbocycles. The Labute approximate surface area is 289 Å². The van der Waals surface area contributed by atoms with Crippen molar-refractivity contribution in [2.75, 3.05) is 42.2 Å². The number of hydrogen-bond acceptors (Lipinski definition) is 12. The third-order valence-corrected chi connectivity index (χ3v) is 9.81. The predicted molar refractivity (Wildman–Crippen MR) is 193 cm³/mol. The molecule has 2 aromatic heterocycles. The van der Waals surface area contributed by atoms with Gasteiger partial charge in [-0.3, -0.25) is 4.79 Å². The second kappa shape index (κ2) is 20.1. The molecular weight excluding hydrogens is 651 g/mol. The fraction of sp³-hybridized carbons (Fsp3) is 0.636. The number of unbranched alkanes of at least 4 members (excludes halogenated alkanes) is 2. The van der Waals surface area contributed by atoms with Crippen LogP contribution in [0.25, 0.3) is 0 Å². The number of aryl methyl sites for hydroxylation is 1. The molecular formula is C33H53N9O4S2. The number of H-pyrrole nitrogens is 1. The standard InChI is InChI=1S/C33H53N9O4S2/c1-6-8-10-25(16-18-47-4)35-31(43)15-13-28-27(22-24-20-23(12-14-29(24)46-3)21-30-39-41-42-40-30)32(38-33(34)37-28)36-26(11-9-7-2)17-19-48(5,44)45/h12,14,20,25-26H,6-11,13,15-19,21-22H2,1-5H3,(H,35,43)(H3,34,36,37,38)(H,39,40,41,42)/t25-,26-/m0/s1. The number of nitrogens with one attached hydrogen (secondary N) is 3. The van der Waals surface area contributed by atoms with Gasteiger partial charge < -0.3 is 21.1 Å². The molecule has 15 heteroatoms. The van der Waals surface area contributed by atoms with E-state index in [1.165, 1.54) is 6.26 Å². The quantitative estimate of drug-likeness (QED) is 0.108. The van der Waals surface area contributed by atoms with Crippen LogP contribution in [0.2, 0.25) is 0 Å². The zero-order valence-corrected chi connectivity index (χ0v) is 30.7. The number of amides is 1. The Morgan fingerprint density at radius 3 is 2.46 bits per heavy atom. The summed E-state index contributed by atoms with van der Waals surface area (Å²) < 4.78 is 29.9. The van der Waals surface area contributed by atoms with Gasteiger partial charge in [0.05, 0.1) is 18.6 Å². The van der Waals surface area contributed by atoms with Gasteiger partial charge in [-0.25, -0.2) is 13.4 Å². The minimum atomic E-state index is -3.16. The van der Waals surface area contributed by atoms with Crippen LogP contribution in [0.15, 0.2) is 18.2 Å². The molecule has 0 fully saturated rings. The molecule has 3 rings (SSSR count). The fourth-order valence-electron chi connectivity index (χ4n) is 5.59. The van der Waals surface area contributed by atoms with Gasteiger partial charge in [0.25, 0.3) is 0 Å². The van der Waals surface area contributed by atoms with Crippen molar-refractivity contribution in [1.82, 2.24) is 35.9 Å². The molecule has 0 radical (unpaired) electrons. The van der Waals surface area contributed by atoms with E-state index in [2.05, 4.69) is 61.3 Å². The van der Waals surface area contributed by atoms with Gasteiger partial charge in [0, 0.05) is 43.2 Å². The van der Waals surface area contributed by atoms with Crippen molar-refractivity contribution in [2.24, 2.45) is 0 Å². The molecule has 2 heterocycles. The van der Waals surface area contributed by atoms with Gasteiger partial charge in [-0.05, 0) is 61.3 Å². The zero-order valence-electron chi connectivity index (χ0n) is 29.0. The number of nitrogens with two attached hydrogens (primary N) is 1. The molecule has 266 valence electrons. The number of rotatable bonds is 23. The Kier molecular flexibility index (Phi) is 16.4. The van der Waals surface area contributed by atoms with Gasteiger partial charge in [0.2, 0.25) is 11.9 Å². The third-order valence-electron chi connectivity index (χ3n) is 8.19. The molecule has 3 aromatic rings. The summed E-state index contributed by atoms with van der Waals surface area (Å²) in [4.78, 5) is 22.5. The summed E-state index contributed by atoms with van der Waals surface area (Å²) in [6, 6.07) is 5.89. The Hall–Kier alpha value is -3.46. The highest BCUT2D eigenvalue weighted by molar-refractivity contribution is 7.98. The number of methoxy groups -OCH3 is 1. The zero-order chi connectivity index (χ0) is 34.9. The summed E-state index contributed by atoms with van der Waals surface area (Å²) in [5.41, 5.74) is 9.60. The molecule has 0 aliphatic heterocycles. The van der Waals surface area contributed by atoms with Crippen LogP contribution in [0.1, 0.15) is 99.8 Å². The van der Waals surface area contributed by atoms with E-state index in [4.69, 9.17) is 10.5 Å². The summed E-state index contributed by atoms with van der Waals surface area (Å²) >= 11 is 1.78. The molecule has 0 unspecified atom stereocenters. The lowest BCUT2D eigenvalue weighted by molar-refractivity contribution is -0.121. The lowest BCUT2D eigenvalue weighted by Crippen LogP contribution is -2.35. The van der Waals surface area contributed by atoms with E-state index < -0.39 is 9.84 Å². The number of carbonyl (C=O) groups excluding carboxylic acids is 1. The minimum Gasteiger partial charge on any atom is -0.496 e. The number of carbonyl (C=O) groups is 1. The van der Waals surface area contributed by atoms with Crippen LogP contribution in [0.4, 0.5) is 11.8 Å². The van der Waals surface area contributed by atoms with E-state index in [1.54, 1.807) is 18.9 Å². The number of sulfone groups is 1. The Morgan fingerprint density at radius 2 is 1.81 bits per heavy atom. The summed E-state index contributed by atoms with van der Waals surface area (Å²) in [6.07, 6.45) is 11.9. The molecule has 0 saturated heterocycles. The molecule has 1 amide bonds. The average Bonchev–Trinajstić information content (AvgIpc) is 3.56. The van der Waals surface area contributed by atoms with Crippen molar-refractivity contribution in [1.29, 1.82) is 0 Å². The summed E-state index contributed by atoms with van der Waals surface area (Å²) in [5, 5.41) is 21.1. The number of anilines is 2. The first kappa shape index (κ1) is 39.0. The molecule has 0 aliphatic carbocycles. The predicted octanol–water partition coefficient (Wildman–Crippen LogP) is 4.53. The topological polar surface area (TPSA) is 191 Å². The molecule has 0 aliphatic rings. The van der Waals surface area contributed by atoms with E-state index >= 15 is 0 Å². The van der Waals surface area contributed by atoms with E-state index in [0.717, 1.165) is 67.4 Å². The minimum absolute atomic E-state index is 0.0245. The first-order valence-corrected chi connectivity index (χ1v) is 20.3. The highest BCUT2D eigenvalue weighted by atomic mass is 32.2.